The van der Waals surface area contributed by atoms with E-state index in [4.69, 9.17) is 0 Å². The lowest BCUT2D eigenvalue weighted by Gasteiger charge is -2.22. The molecule has 0 aliphatic carbocycles. The molecule has 0 spiro atoms. The van der Waals surface area contributed by atoms with Crippen molar-refractivity contribution in [2.75, 3.05) is 37.8 Å². The van der Waals surface area contributed by atoms with Crippen LogP contribution < -0.4 is 4.90 Å². The Morgan fingerprint density at radius 1 is 1.00 bits per heavy atom. The number of amides is 1. The van der Waals surface area contributed by atoms with Gasteiger partial charge in [-0.2, -0.15) is 0 Å². The van der Waals surface area contributed by atoms with E-state index in [9.17, 15) is 13.2 Å². The van der Waals surface area contributed by atoms with Crippen LogP contribution in [0.4, 0.5) is 5.13 Å². The Labute approximate surface area is 163 Å². The van der Waals surface area contributed by atoms with Crippen LogP contribution in [-0.2, 0) is 14.6 Å². The van der Waals surface area contributed by atoms with Gasteiger partial charge in [-0.3, -0.25) is 9.69 Å². The molecule has 0 radical (unpaired) electrons. The maximum Gasteiger partial charge on any atom is 0.244 e. The van der Waals surface area contributed by atoms with E-state index in [1.54, 1.807) is 18.2 Å². The fraction of sp³-hybridized carbons (Fsp3) is 0.263. The molecule has 0 N–H and O–H groups in total. The molecule has 8 heteroatoms. The third kappa shape index (κ3) is 4.71. The van der Waals surface area contributed by atoms with Crippen molar-refractivity contribution in [3.05, 3.63) is 54.6 Å². The molecule has 0 aliphatic rings. The number of nitrogens with zero attached hydrogens (tertiary/aromatic N) is 3. The molecule has 6 nitrogen and oxygen atoms in total. The number of carbonyl (C=O) groups excluding carboxylic acids is 1. The molecule has 3 aromatic rings. The average Bonchev–Trinajstić information content (AvgIpc) is 3.05. The Morgan fingerprint density at radius 3 is 2.33 bits per heavy atom. The number of para-hydroxylation sites is 1. The Bertz CT molecular complexity index is 998. The van der Waals surface area contributed by atoms with Crippen LogP contribution >= 0.6 is 11.3 Å². The molecular formula is C19H21N3O3S2. The summed E-state index contributed by atoms with van der Waals surface area (Å²) < 4.78 is 26.2. The number of carbonyl (C=O) groups is 1. The van der Waals surface area contributed by atoms with Crippen LogP contribution in [0, 0.1) is 0 Å². The summed E-state index contributed by atoms with van der Waals surface area (Å²) in [6.45, 7) is 0.975. The predicted octanol–water partition coefficient (Wildman–Crippen LogP) is 2.66. The Hall–Kier alpha value is -2.29. The maximum atomic E-state index is 12.9. The van der Waals surface area contributed by atoms with Crippen LogP contribution in [0.5, 0.6) is 0 Å². The standard InChI is InChI=1S/C19H21N3O3S2/c1-21(2)12-13-22(19-20-16-10-6-7-11-17(16)26-19)18(23)14-27(24,25)15-8-4-3-5-9-15/h3-11H,12-14H2,1-2H3. The summed E-state index contributed by atoms with van der Waals surface area (Å²) in [5.74, 6) is -1.06. The Kier molecular flexibility index (Phi) is 5.88. The molecule has 27 heavy (non-hydrogen) atoms. The van der Waals surface area contributed by atoms with Crippen LogP contribution in [-0.4, -0.2) is 57.1 Å². The van der Waals surface area contributed by atoms with Gasteiger partial charge in [0.25, 0.3) is 0 Å². The predicted molar refractivity (Wildman–Crippen MR) is 109 cm³/mol. The van der Waals surface area contributed by atoms with Gasteiger partial charge >= 0.3 is 0 Å². The highest BCUT2D eigenvalue weighted by Gasteiger charge is 2.26. The summed E-state index contributed by atoms with van der Waals surface area (Å²) in [6.07, 6.45) is 0. The minimum atomic E-state index is -3.71. The number of hydrogen-bond donors (Lipinski definition) is 0. The van der Waals surface area contributed by atoms with Gasteiger partial charge in [0, 0.05) is 13.1 Å². The first-order chi connectivity index (χ1) is 12.9. The number of hydrogen-bond acceptors (Lipinski definition) is 6. The van der Waals surface area contributed by atoms with Gasteiger partial charge < -0.3 is 4.90 Å². The molecule has 0 unspecified atom stereocenters. The zero-order valence-corrected chi connectivity index (χ0v) is 16.8. The highest BCUT2D eigenvalue weighted by molar-refractivity contribution is 7.92. The van der Waals surface area contributed by atoms with E-state index >= 15 is 0 Å². The van der Waals surface area contributed by atoms with Crippen molar-refractivity contribution in [2.45, 2.75) is 4.90 Å². The minimum Gasteiger partial charge on any atom is -0.308 e. The van der Waals surface area contributed by atoms with E-state index in [0.717, 1.165) is 10.2 Å². The van der Waals surface area contributed by atoms with Crippen LogP contribution in [0.15, 0.2) is 59.5 Å². The van der Waals surface area contributed by atoms with Crippen molar-refractivity contribution in [1.29, 1.82) is 0 Å². The second-order valence-electron chi connectivity index (χ2n) is 6.38. The van der Waals surface area contributed by atoms with Gasteiger partial charge in [-0.25, -0.2) is 13.4 Å². The molecule has 142 valence electrons. The smallest absolute Gasteiger partial charge is 0.244 e. The number of aromatic nitrogens is 1. The first-order valence-electron chi connectivity index (χ1n) is 8.45. The molecule has 0 saturated heterocycles. The normalized spacial score (nSPS) is 11.8. The lowest BCUT2D eigenvalue weighted by Crippen LogP contribution is -2.40. The van der Waals surface area contributed by atoms with E-state index in [-0.39, 0.29) is 4.90 Å². The average molecular weight is 404 g/mol. The summed E-state index contributed by atoms with van der Waals surface area (Å²) in [5, 5.41) is 0.520. The largest absolute Gasteiger partial charge is 0.308 e. The van der Waals surface area contributed by atoms with Gasteiger partial charge in [0.15, 0.2) is 15.0 Å². The Balaban J connectivity index is 1.89. The lowest BCUT2D eigenvalue weighted by molar-refractivity contribution is -0.116. The van der Waals surface area contributed by atoms with Crippen molar-refractivity contribution in [1.82, 2.24) is 9.88 Å². The van der Waals surface area contributed by atoms with E-state index in [0.29, 0.717) is 18.2 Å². The molecule has 1 amide bonds. The van der Waals surface area contributed by atoms with Gasteiger partial charge in [0.2, 0.25) is 5.91 Å². The van der Waals surface area contributed by atoms with Gasteiger partial charge in [-0.15, -0.1) is 0 Å². The molecule has 0 fully saturated rings. The van der Waals surface area contributed by atoms with Crippen molar-refractivity contribution in [3.8, 4) is 0 Å². The second kappa shape index (κ2) is 8.16. The number of thiazole rings is 1. The third-order valence-electron chi connectivity index (χ3n) is 4.00. The van der Waals surface area contributed by atoms with E-state index < -0.39 is 21.5 Å². The summed E-state index contributed by atoms with van der Waals surface area (Å²) in [6, 6.07) is 15.7. The van der Waals surface area contributed by atoms with Gasteiger partial charge in [-0.1, -0.05) is 41.7 Å². The zero-order chi connectivity index (χ0) is 19.4. The fourth-order valence-electron chi connectivity index (χ4n) is 2.55. The Morgan fingerprint density at radius 2 is 1.67 bits per heavy atom. The quantitative estimate of drug-likeness (QED) is 0.607. The summed E-state index contributed by atoms with van der Waals surface area (Å²) >= 11 is 1.39. The summed E-state index contributed by atoms with van der Waals surface area (Å²) in [7, 11) is 0.0998. The molecule has 0 bridgehead atoms. The molecule has 2 aromatic carbocycles. The van der Waals surface area contributed by atoms with Gasteiger partial charge in [-0.05, 0) is 38.4 Å². The first-order valence-corrected chi connectivity index (χ1v) is 10.9. The molecule has 1 aromatic heterocycles. The SMILES string of the molecule is CN(C)CCN(C(=O)CS(=O)(=O)c1ccccc1)c1nc2ccccc2s1. The number of likely N-dealkylation sites (N-methyl/N-ethyl adjacent to an activating group) is 1. The lowest BCUT2D eigenvalue weighted by atomic mass is 10.3. The van der Waals surface area contributed by atoms with E-state index in [1.165, 1.54) is 28.4 Å². The second-order valence-corrected chi connectivity index (χ2v) is 9.38. The fourth-order valence-corrected chi connectivity index (χ4v) is 4.78. The monoisotopic (exact) mass is 403 g/mol. The minimum absolute atomic E-state index is 0.148. The van der Waals surface area contributed by atoms with Crippen LogP contribution in [0.25, 0.3) is 10.2 Å². The van der Waals surface area contributed by atoms with Crippen molar-refractivity contribution in [2.24, 2.45) is 0 Å². The van der Waals surface area contributed by atoms with Crippen LogP contribution in [0.1, 0.15) is 0 Å². The summed E-state index contributed by atoms with van der Waals surface area (Å²) in [4.78, 5) is 21.0. The van der Waals surface area contributed by atoms with E-state index in [2.05, 4.69) is 4.98 Å². The molecule has 1 heterocycles. The number of benzene rings is 2. The van der Waals surface area contributed by atoms with Gasteiger partial charge in [0.1, 0.15) is 5.75 Å². The number of fused-ring (bicyclic) bond motifs is 1. The van der Waals surface area contributed by atoms with Crippen molar-refractivity contribution < 1.29 is 13.2 Å². The number of rotatable bonds is 7. The van der Waals surface area contributed by atoms with Crippen molar-refractivity contribution in [3.63, 3.8) is 0 Å². The van der Waals surface area contributed by atoms with E-state index in [1.807, 2.05) is 43.3 Å². The zero-order valence-electron chi connectivity index (χ0n) is 15.2. The molecule has 3 rings (SSSR count). The molecule has 0 atom stereocenters. The maximum absolute atomic E-state index is 12.9. The van der Waals surface area contributed by atoms with Gasteiger partial charge in [0.05, 0.1) is 15.1 Å². The molecular weight excluding hydrogens is 382 g/mol. The summed E-state index contributed by atoms with van der Waals surface area (Å²) in [5.41, 5.74) is 0.797. The highest BCUT2D eigenvalue weighted by atomic mass is 32.2. The molecule has 0 aliphatic heterocycles. The third-order valence-corrected chi connectivity index (χ3v) is 6.68. The number of anilines is 1. The first kappa shape index (κ1) is 19.5. The molecule has 0 saturated carbocycles. The highest BCUT2D eigenvalue weighted by Crippen LogP contribution is 2.29. The topological polar surface area (TPSA) is 70.6 Å². The van der Waals surface area contributed by atoms with Crippen LogP contribution in [0.3, 0.4) is 0 Å². The van der Waals surface area contributed by atoms with Crippen LogP contribution in [0.2, 0.25) is 0 Å². The van der Waals surface area contributed by atoms with Crippen molar-refractivity contribution >= 4 is 42.4 Å². The number of sulfone groups is 1.